The standard InChI is InChI=1S/C13H25N3O.ClH/c14-13(17)9-12-3-1-2-8-16(12)10-11-4-6-15-7-5-11;/h11-12,15H,1-10H2,(H2,14,17);1H. The Morgan fingerprint density at radius 1 is 1.22 bits per heavy atom. The fourth-order valence-corrected chi connectivity index (χ4v) is 3.16. The Hall–Kier alpha value is -0.320. The van der Waals surface area contributed by atoms with Crippen molar-refractivity contribution in [1.82, 2.24) is 10.2 Å². The Bertz CT molecular complexity index is 257. The predicted octanol–water partition coefficient (Wildman–Crippen LogP) is 1.14. The molecular formula is C13H26ClN3O. The molecule has 0 aliphatic carbocycles. The summed E-state index contributed by atoms with van der Waals surface area (Å²) in [6.07, 6.45) is 6.78. The number of likely N-dealkylation sites (tertiary alicyclic amines) is 1. The molecule has 4 nitrogen and oxygen atoms in total. The van der Waals surface area contributed by atoms with Crippen LogP contribution in [0.5, 0.6) is 0 Å². The lowest BCUT2D eigenvalue weighted by atomic mass is 9.93. The van der Waals surface area contributed by atoms with Crippen molar-refractivity contribution in [2.45, 2.75) is 44.6 Å². The first-order chi connectivity index (χ1) is 8.25. The van der Waals surface area contributed by atoms with Gasteiger partial charge in [-0.2, -0.15) is 0 Å². The summed E-state index contributed by atoms with van der Waals surface area (Å²) in [5, 5.41) is 3.40. The summed E-state index contributed by atoms with van der Waals surface area (Å²) in [5.74, 6) is 0.664. The van der Waals surface area contributed by atoms with Crippen molar-refractivity contribution < 1.29 is 4.79 Å². The first kappa shape index (κ1) is 15.7. The van der Waals surface area contributed by atoms with Crippen molar-refractivity contribution in [2.75, 3.05) is 26.2 Å². The van der Waals surface area contributed by atoms with E-state index in [1.807, 2.05) is 0 Å². The van der Waals surface area contributed by atoms with E-state index in [2.05, 4.69) is 10.2 Å². The number of amides is 1. The van der Waals surface area contributed by atoms with E-state index in [1.54, 1.807) is 0 Å². The van der Waals surface area contributed by atoms with Crippen molar-refractivity contribution in [2.24, 2.45) is 11.7 Å². The van der Waals surface area contributed by atoms with Gasteiger partial charge in [-0.3, -0.25) is 9.69 Å². The molecule has 0 aromatic heterocycles. The minimum Gasteiger partial charge on any atom is -0.370 e. The second-order valence-corrected chi connectivity index (χ2v) is 5.51. The molecule has 0 aromatic carbocycles. The third kappa shape index (κ3) is 4.75. The Kier molecular flexibility index (Phi) is 6.97. The Labute approximate surface area is 116 Å². The van der Waals surface area contributed by atoms with E-state index in [9.17, 15) is 4.79 Å². The number of hydrogen-bond donors (Lipinski definition) is 2. The van der Waals surface area contributed by atoms with Gasteiger partial charge >= 0.3 is 0 Å². The average molecular weight is 276 g/mol. The van der Waals surface area contributed by atoms with Gasteiger partial charge in [0.2, 0.25) is 5.91 Å². The quantitative estimate of drug-likeness (QED) is 0.809. The third-order valence-electron chi connectivity index (χ3n) is 4.14. The summed E-state index contributed by atoms with van der Waals surface area (Å²) in [5.41, 5.74) is 5.34. The van der Waals surface area contributed by atoms with Gasteiger partial charge in [0.15, 0.2) is 0 Å². The molecule has 2 rings (SSSR count). The van der Waals surface area contributed by atoms with Crippen LogP contribution in [0.1, 0.15) is 38.5 Å². The van der Waals surface area contributed by atoms with Crippen LogP contribution in [0.4, 0.5) is 0 Å². The molecule has 0 saturated carbocycles. The summed E-state index contributed by atoms with van der Waals surface area (Å²) in [6, 6.07) is 0.413. The second kappa shape index (κ2) is 7.97. The van der Waals surface area contributed by atoms with E-state index in [0.29, 0.717) is 12.5 Å². The van der Waals surface area contributed by atoms with Gasteiger partial charge in [0.05, 0.1) is 0 Å². The zero-order valence-corrected chi connectivity index (χ0v) is 11.9. The van der Waals surface area contributed by atoms with Crippen LogP contribution < -0.4 is 11.1 Å². The Balaban J connectivity index is 0.00000162. The number of nitrogens with two attached hydrogens (primary N) is 1. The number of carbonyl (C=O) groups is 1. The third-order valence-corrected chi connectivity index (χ3v) is 4.14. The van der Waals surface area contributed by atoms with Gasteiger partial charge in [-0.1, -0.05) is 6.42 Å². The number of carbonyl (C=O) groups excluding carboxylic acids is 1. The topological polar surface area (TPSA) is 58.4 Å². The van der Waals surface area contributed by atoms with E-state index in [4.69, 9.17) is 5.73 Å². The summed E-state index contributed by atoms with van der Waals surface area (Å²) < 4.78 is 0. The molecule has 2 saturated heterocycles. The fraction of sp³-hybridized carbons (Fsp3) is 0.923. The maximum atomic E-state index is 11.1. The highest BCUT2D eigenvalue weighted by molar-refractivity contribution is 5.85. The molecule has 1 amide bonds. The molecule has 2 heterocycles. The maximum Gasteiger partial charge on any atom is 0.218 e. The Morgan fingerprint density at radius 2 is 1.94 bits per heavy atom. The van der Waals surface area contributed by atoms with Crippen LogP contribution in [0.15, 0.2) is 0 Å². The Morgan fingerprint density at radius 3 is 2.61 bits per heavy atom. The lowest BCUT2D eigenvalue weighted by Crippen LogP contribution is -2.45. The number of halogens is 1. The van der Waals surface area contributed by atoms with Crippen LogP contribution in [0.25, 0.3) is 0 Å². The summed E-state index contributed by atoms with van der Waals surface area (Å²) in [6.45, 7) is 4.62. The molecule has 106 valence electrons. The van der Waals surface area contributed by atoms with Crippen LogP contribution in [-0.4, -0.2) is 43.0 Å². The molecule has 0 bridgehead atoms. The van der Waals surface area contributed by atoms with Crippen molar-refractivity contribution >= 4 is 18.3 Å². The van der Waals surface area contributed by atoms with E-state index < -0.39 is 0 Å². The largest absolute Gasteiger partial charge is 0.370 e. The number of piperidine rings is 2. The SMILES string of the molecule is Cl.NC(=O)CC1CCCCN1CC1CCNCC1. The molecule has 0 aromatic rings. The van der Waals surface area contributed by atoms with Gasteiger partial charge < -0.3 is 11.1 Å². The first-order valence-electron chi connectivity index (χ1n) is 6.99. The maximum absolute atomic E-state index is 11.1. The zero-order valence-electron chi connectivity index (χ0n) is 11.1. The monoisotopic (exact) mass is 275 g/mol. The van der Waals surface area contributed by atoms with Gasteiger partial charge in [0.25, 0.3) is 0 Å². The number of rotatable bonds is 4. The summed E-state index contributed by atoms with van der Waals surface area (Å²) >= 11 is 0. The molecule has 3 N–H and O–H groups in total. The van der Waals surface area contributed by atoms with Crippen LogP contribution >= 0.6 is 12.4 Å². The van der Waals surface area contributed by atoms with E-state index in [1.165, 1.54) is 32.2 Å². The number of hydrogen-bond acceptors (Lipinski definition) is 3. The first-order valence-corrected chi connectivity index (χ1v) is 6.99. The number of nitrogens with zero attached hydrogens (tertiary/aromatic N) is 1. The van der Waals surface area contributed by atoms with E-state index in [0.717, 1.165) is 32.0 Å². The molecule has 2 aliphatic heterocycles. The second-order valence-electron chi connectivity index (χ2n) is 5.51. The molecule has 18 heavy (non-hydrogen) atoms. The van der Waals surface area contributed by atoms with Gasteiger partial charge in [-0.05, 0) is 51.2 Å². The van der Waals surface area contributed by atoms with E-state index in [-0.39, 0.29) is 18.3 Å². The summed E-state index contributed by atoms with van der Waals surface area (Å²) in [4.78, 5) is 13.6. The lowest BCUT2D eigenvalue weighted by Gasteiger charge is -2.38. The van der Waals surface area contributed by atoms with Crippen molar-refractivity contribution in [1.29, 1.82) is 0 Å². The molecule has 1 unspecified atom stereocenters. The molecule has 0 spiro atoms. The predicted molar refractivity (Wildman–Crippen MR) is 75.9 cm³/mol. The lowest BCUT2D eigenvalue weighted by molar-refractivity contribution is -0.119. The van der Waals surface area contributed by atoms with Crippen LogP contribution in [0, 0.1) is 5.92 Å². The fourth-order valence-electron chi connectivity index (χ4n) is 3.16. The smallest absolute Gasteiger partial charge is 0.218 e. The minimum absolute atomic E-state index is 0. The van der Waals surface area contributed by atoms with Crippen molar-refractivity contribution in [3.05, 3.63) is 0 Å². The zero-order chi connectivity index (χ0) is 12.1. The summed E-state index contributed by atoms with van der Waals surface area (Å²) in [7, 11) is 0. The molecular weight excluding hydrogens is 250 g/mol. The normalized spacial score (nSPS) is 26.6. The number of primary amides is 1. The highest BCUT2D eigenvalue weighted by Crippen LogP contribution is 2.23. The van der Waals surface area contributed by atoms with E-state index >= 15 is 0 Å². The van der Waals surface area contributed by atoms with Crippen molar-refractivity contribution in [3.63, 3.8) is 0 Å². The molecule has 5 heteroatoms. The average Bonchev–Trinajstić information content (AvgIpc) is 2.32. The number of nitrogens with one attached hydrogen (secondary N) is 1. The van der Waals surface area contributed by atoms with Crippen LogP contribution in [-0.2, 0) is 4.79 Å². The van der Waals surface area contributed by atoms with Crippen LogP contribution in [0.2, 0.25) is 0 Å². The van der Waals surface area contributed by atoms with Crippen LogP contribution in [0.3, 0.4) is 0 Å². The van der Waals surface area contributed by atoms with Gasteiger partial charge in [0.1, 0.15) is 0 Å². The van der Waals surface area contributed by atoms with Gasteiger partial charge in [-0.15, -0.1) is 12.4 Å². The molecule has 2 fully saturated rings. The van der Waals surface area contributed by atoms with Gasteiger partial charge in [-0.25, -0.2) is 0 Å². The van der Waals surface area contributed by atoms with Gasteiger partial charge in [0, 0.05) is 19.0 Å². The molecule has 2 aliphatic rings. The molecule has 1 atom stereocenters. The highest BCUT2D eigenvalue weighted by atomic mass is 35.5. The highest BCUT2D eigenvalue weighted by Gasteiger charge is 2.26. The van der Waals surface area contributed by atoms with Crippen molar-refractivity contribution in [3.8, 4) is 0 Å². The minimum atomic E-state index is -0.146. The molecule has 0 radical (unpaired) electrons.